The Morgan fingerprint density at radius 2 is 2.08 bits per heavy atom. The highest BCUT2D eigenvalue weighted by molar-refractivity contribution is 7.91. The molecule has 1 aliphatic heterocycles. The molecule has 25 heavy (non-hydrogen) atoms. The van der Waals surface area contributed by atoms with Crippen LogP contribution in [0.2, 0.25) is 0 Å². The predicted molar refractivity (Wildman–Crippen MR) is 96.7 cm³/mol. The van der Waals surface area contributed by atoms with Crippen molar-refractivity contribution in [1.29, 1.82) is 0 Å². The van der Waals surface area contributed by atoms with Crippen LogP contribution >= 0.6 is 11.3 Å². The van der Waals surface area contributed by atoms with Crippen molar-refractivity contribution < 1.29 is 18.0 Å². The lowest BCUT2D eigenvalue weighted by molar-refractivity contribution is -0.139. The molecule has 2 amide bonds. The Morgan fingerprint density at radius 3 is 2.76 bits per heavy atom. The van der Waals surface area contributed by atoms with E-state index in [0.717, 1.165) is 19.3 Å². The van der Waals surface area contributed by atoms with E-state index in [4.69, 9.17) is 0 Å². The summed E-state index contributed by atoms with van der Waals surface area (Å²) in [5.41, 5.74) is 0. The molecule has 1 aromatic heterocycles. The van der Waals surface area contributed by atoms with Crippen molar-refractivity contribution in [1.82, 2.24) is 14.9 Å². The molecule has 1 aliphatic rings. The summed E-state index contributed by atoms with van der Waals surface area (Å²) in [6, 6.07) is 3.16. The minimum Gasteiger partial charge on any atom is -0.348 e. The van der Waals surface area contributed by atoms with Crippen molar-refractivity contribution in [2.75, 3.05) is 19.6 Å². The van der Waals surface area contributed by atoms with Gasteiger partial charge in [0, 0.05) is 25.7 Å². The number of carbonyl (C=O) groups excluding carboxylic acids is 2. The highest BCUT2D eigenvalue weighted by Gasteiger charge is 2.33. The van der Waals surface area contributed by atoms with Gasteiger partial charge < -0.3 is 10.6 Å². The van der Waals surface area contributed by atoms with Crippen LogP contribution in [0, 0.1) is 0 Å². The third kappa shape index (κ3) is 5.13. The second-order valence-electron chi connectivity index (χ2n) is 5.74. The lowest BCUT2D eigenvalue weighted by atomic mass is 10.0. The number of nitrogens with one attached hydrogen (secondary N) is 2. The summed E-state index contributed by atoms with van der Waals surface area (Å²) in [7, 11) is -3.50. The number of carbonyl (C=O) groups is 2. The molecule has 1 saturated heterocycles. The number of sulfonamides is 1. The minimum atomic E-state index is -3.50. The molecule has 0 unspecified atom stereocenters. The molecular weight excluding hydrogens is 362 g/mol. The van der Waals surface area contributed by atoms with Gasteiger partial charge in [-0.25, -0.2) is 8.42 Å². The van der Waals surface area contributed by atoms with Gasteiger partial charge in [-0.3, -0.25) is 9.59 Å². The Bertz CT molecular complexity index is 701. The van der Waals surface area contributed by atoms with Crippen molar-refractivity contribution in [2.24, 2.45) is 0 Å². The standard InChI is InChI=1S/C16H23N3O4S2/c1-2-9-17-15(20)16(21)18-10-8-13-6-3-4-11-19(13)25(22,23)14-7-5-12-24-14/h2,5,7,12-13H,1,3-4,6,8-11H2,(H,17,20)(H,18,21)/t13-/m0/s1. The van der Waals surface area contributed by atoms with Gasteiger partial charge in [0.2, 0.25) is 0 Å². The van der Waals surface area contributed by atoms with Gasteiger partial charge in [-0.15, -0.1) is 17.9 Å². The van der Waals surface area contributed by atoms with E-state index in [-0.39, 0.29) is 19.1 Å². The number of hydrogen-bond acceptors (Lipinski definition) is 5. The average Bonchev–Trinajstić information content (AvgIpc) is 3.15. The molecule has 2 heterocycles. The number of piperidine rings is 1. The fourth-order valence-corrected chi connectivity index (χ4v) is 5.63. The van der Waals surface area contributed by atoms with Crippen molar-refractivity contribution in [3.05, 3.63) is 30.2 Å². The maximum atomic E-state index is 12.8. The summed E-state index contributed by atoms with van der Waals surface area (Å²) in [6.07, 6.45) is 4.50. The Balaban J connectivity index is 1.92. The first-order valence-corrected chi connectivity index (χ1v) is 10.5. The first-order valence-electron chi connectivity index (χ1n) is 8.19. The molecule has 0 spiro atoms. The monoisotopic (exact) mass is 385 g/mol. The van der Waals surface area contributed by atoms with Gasteiger partial charge in [-0.2, -0.15) is 4.31 Å². The minimum absolute atomic E-state index is 0.169. The zero-order chi connectivity index (χ0) is 18.3. The Labute approximate surface area is 152 Å². The quantitative estimate of drug-likeness (QED) is 0.543. The number of thiophene rings is 1. The van der Waals surface area contributed by atoms with Crippen LogP contribution in [0.1, 0.15) is 25.7 Å². The molecule has 0 aromatic carbocycles. The van der Waals surface area contributed by atoms with Gasteiger partial charge in [-0.1, -0.05) is 18.6 Å². The molecule has 2 rings (SSSR count). The molecular formula is C16H23N3O4S2. The molecule has 0 aliphatic carbocycles. The van der Waals surface area contributed by atoms with Crippen LogP contribution in [0.3, 0.4) is 0 Å². The predicted octanol–water partition coefficient (Wildman–Crippen LogP) is 1.10. The van der Waals surface area contributed by atoms with E-state index < -0.39 is 21.8 Å². The van der Waals surface area contributed by atoms with E-state index in [0.29, 0.717) is 17.2 Å². The van der Waals surface area contributed by atoms with Crippen molar-refractivity contribution in [3.63, 3.8) is 0 Å². The molecule has 0 saturated carbocycles. The van der Waals surface area contributed by atoms with E-state index >= 15 is 0 Å². The summed E-state index contributed by atoms with van der Waals surface area (Å²) in [5.74, 6) is -1.43. The van der Waals surface area contributed by atoms with E-state index in [1.165, 1.54) is 21.7 Å². The highest BCUT2D eigenvalue weighted by atomic mass is 32.2. The number of hydrogen-bond donors (Lipinski definition) is 2. The fraction of sp³-hybridized carbons (Fsp3) is 0.500. The summed E-state index contributed by atoms with van der Waals surface area (Å²) in [4.78, 5) is 23.2. The third-order valence-corrected chi connectivity index (χ3v) is 7.33. The van der Waals surface area contributed by atoms with Crippen LogP contribution in [0.5, 0.6) is 0 Å². The van der Waals surface area contributed by atoms with E-state index in [9.17, 15) is 18.0 Å². The molecule has 1 fully saturated rings. The summed E-state index contributed by atoms with van der Waals surface area (Å²) in [5, 5.41) is 6.68. The Hall–Kier alpha value is -1.71. The second kappa shape index (κ2) is 9.12. The first kappa shape index (κ1) is 19.6. The van der Waals surface area contributed by atoms with Gasteiger partial charge in [-0.05, 0) is 30.7 Å². The maximum absolute atomic E-state index is 12.8. The van der Waals surface area contributed by atoms with E-state index in [1.54, 1.807) is 17.5 Å². The summed E-state index contributed by atoms with van der Waals surface area (Å²) >= 11 is 1.21. The van der Waals surface area contributed by atoms with Crippen molar-refractivity contribution >= 4 is 33.2 Å². The topological polar surface area (TPSA) is 95.6 Å². The van der Waals surface area contributed by atoms with E-state index in [2.05, 4.69) is 17.2 Å². The van der Waals surface area contributed by atoms with Crippen LogP contribution < -0.4 is 10.6 Å². The smallest absolute Gasteiger partial charge is 0.309 e. The lowest BCUT2D eigenvalue weighted by Gasteiger charge is -2.34. The SMILES string of the molecule is C=CCNC(=O)C(=O)NCC[C@@H]1CCCCN1S(=O)(=O)c1cccs1. The zero-order valence-electron chi connectivity index (χ0n) is 13.9. The van der Waals surface area contributed by atoms with Crippen LogP contribution in [0.15, 0.2) is 34.4 Å². The van der Waals surface area contributed by atoms with Crippen molar-refractivity contribution in [3.8, 4) is 0 Å². The highest BCUT2D eigenvalue weighted by Crippen LogP contribution is 2.28. The van der Waals surface area contributed by atoms with Gasteiger partial charge in [0.1, 0.15) is 4.21 Å². The number of rotatable bonds is 7. The largest absolute Gasteiger partial charge is 0.348 e. The molecule has 2 N–H and O–H groups in total. The zero-order valence-corrected chi connectivity index (χ0v) is 15.6. The van der Waals surface area contributed by atoms with Crippen LogP contribution in [0.4, 0.5) is 0 Å². The maximum Gasteiger partial charge on any atom is 0.309 e. The second-order valence-corrected chi connectivity index (χ2v) is 8.81. The molecule has 0 radical (unpaired) electrons. The molecule has 9 heteroatoms. The van der Waals surface area contributed by atoms with Crippen LogP contribution in [-0.2, 0) is 19.6 Å². The fourth-order valence-electron chi connectivity index (χ4n) is 2.78. The molecule has 1 aromatic rings. The Morgan fingerprint density at radius 1 is 1.32 bits per heavy atom. The molecule has 1 atom stereocenters. The molecule has 0 bridgehead atoms. The Kier molecular flexibility index (Phi) is 7.15. The van der Waals surface area contributed by atoms with Gasteiger partial charge in [0.25, 0.3) is 10.0 Å². The van der Waals surface area contributed by atoms with Crippen LogP contribution in [0.25, 0.3) is 0 Å². The molecule has 138 valence electrons. The lowest BCUT2D eigenvalue weighted by Crippen LogP contribution is -2.46. The van der Waals surface area contributed by atoms with Gasteiger partial charge >= 0.3 is 11.8 Å². The summed E-state index contributed by atoms with van der Waals surface area (Å²) in [6.45, 7) is 4.42. The third-order valence-electron chi connectivity index (χ3n) is 4.01. The van der Waals surface area contributed by atoms with Crippen molar-refractivity contribution in [2.45, 2.75) is 35.9 Å². The number of amides is 2. The number of nitrogens with zero attached hydrogens (tertiary/aromatic N) is 1. The van der Waals surface area contributed by atoms with Crippen LogP contribution in [-0.4, -0.2) is 50.2 Å². The normalized spacial score (nSPS) is 18.5. The van der Waals surface area contributed by atoms with Gasteiger partial charge in [0.05, 0.1) is 0 Å². The van der Waals surface area contributed by atoms with Gasteiger partial charge in [0.15, 0.2) is 0 Å². The average molecular weight is 386 g/mol. The van der Waals surface area contributed by atoms with E-state index in [1.807, 2.05) is 0 Å². The molecule has 7 nitrogen and oxygen atoms in total. The summed E-state index contributed by atoms with van der Waals surface area (Å²) < 4.78 is 27.4. The first-order chi connectivity index (χ1) is 12.0.